The molecule has 1 aliphatic rings. The average Bonchev–Trinajstić information content (AvgIpc) is 2.90. The Kier molecular flexibility index (Phi) is 4.39. The van der Waals surface area contributed by atoms with Crippen LogP contribution in [0.3, 0.4) is 0 Å². The van der Waals surface area contributed by atoms with Gasteiger partial charge in [0.2, 0.25) is 5.90 Å². The lowest BCUT2D eigenvalue weighted by Crippen LogP contribution is -2.01. The van der Waals surface area contributed by atoms with Gasteiger partial charge in [0, 0.05) is 16.1 Å². The number of cyclic esters (lactones) is 1. The predicted molar refractivity (Wildman–Crippen MR) is 92.8 cm³/mol. The zero-order chi connectivity index (χ0) is 16.2. The predicted octanol–water partition coefficient (Wildman–Crippen LogP) is 4.16. The number of benzene rings is 2. The Morgan fingerprint density at radius 2 is 1.87 bits per heavy atom. The first kappa shape index (κ1) is 15.2. The van der Waals surface area contributed by atoms with E-state index in [0.29, 0.717) is 5.56 Å². The van der Waals surface area contributed by atoms with Gasteiger partial charge in [-0.15, -0.1) is 0 Å². The van der Waals surface area contributed by atoms with Crippen molar-refractivity contribution < 1.29 is 14.6 Å². The van der Waals surface area contributed by atoms with E-state index < -0.39 is 5.97 Å². The molecular weight excluding hydrogens is 358 g/mol. The molecule has 0 aliphatic carbocycles. The van der Waals surface area contributed by atoms with E-state index in [-0.39, 0.29) is 17.3 Å². The third-order valence-electron chi connectivity index (χ3n) is 3.14. The maximum Gasteiger partial charge on any atom is 0.363 e. The van der Waals surface area contributed by atoms with Crippen molar-refractivity contribution in [2.24, 2.45) is 4.99 Å². The number of ether oxygens (including phenoxy) is 1. The molecule has 4 nitrogen and oxygen atoms in total. The van der Waals surface area contributed by atoms with Gasteiger partial charge >= 0.3 is 5.97 Å². The maximum atomic E-state index is 11.9. The number of carbonyl (C=O) groups is 1. The second-order valence-electron chi connectivity index (χ2n) is 4.82. The monoisotopic (exact) mass is 369 g/mol. The molecule has 0 spiro atoms. The fraction of sp³-hybridized carbons (Fsp3) is 0. The molecule has 23 heavy (non-hydrogen) atoms. The van der Waals surface area contributed by atoms with Crippen LogP contribution in [0.2, 0.25) is 0 Å². The molecule has 0 bridgehead atoms. The summed E-state index contributed by atoms with van der Waals surface area (Å²) in [5.74, 6) is -0.256. The second kappa shape index (κ2) is 6.62. The molecule has 2 aromatic rings. The van der Waals surface area contributed by atoms with Crippen LogP contribution in [0.15, 0.2) is 69.8 Å². The van der Waals surface area contributed by atoms with Crippen LogP contribution in [-0.2, 0) is 9.53 Å². The molecule has 0 amide bonds. The highest BCUT2D eigenvalue weighted by Gasteiger charge is 2.21. The minimum atomic E-state index is -0.544. The van der Waals surface area contributed by atoms with Crippen molar-refractivity contribution in [2.75, 3.05) is 0 Å². The van der Waals surface area contributed by atoms with Gasteiger partial charge in [0.05, 0.1) is 0 Å². The first-order valence-electron chi connectivity index (χ1n) is 6.86. The fourth-order valence-electron chi connectivity index (χ4n) is 2.02. The lowest BCUT2D eigenvalue weighted by Gasteiger charge is -1.99. The molecule has 5 heteroatoms. The quantitative estimate of drug-likeness (QED) is 0.652. The molecule has 0 radical (unpaired) electrons. The van der Waals surface area contributed by atoms with Crippen LogP contribution in [0.5, 0.6) is 5.75 Å². The molecule has 1 N–H and O–H groups in total. The van der Waals surface area contributed by atoms with Crippen LogP contribution in [0.4, 0.5) is 0 Å². The van der Waals surface area contributed by atoms with Crippen molar-refractivity contribution in [3.05, 3.63) is 75.9 Å². The first-order chi connectivity index (χ1) is 11.1. The van der Waals surface area contributed by atoms with E-state index in [1.54, 1.807) is 18.2 Å². The van der Waals surface area contributed by atoms with E-state index in [1.807, 2.05) is 36.4 Å². The van der Waals surface area contributed by atoms with Crippen molar-refractivity contribution in [3.8, 4) is 5.75 Å². The Labute approximate surface area is 141 Å². The van der Waals surface area contributed by atoms with Gasteiger partial charge in [-0.1, -0.05) is 46.3 Å². The third-order valence-corrected chi connectivity index (χ3v) is 3.63. The van der Waals surface area contributed by atoms with Gasteiger partial charge < -0.3 is 9.84 Å². The Balaban J connectivity index is 1.85. The minimum absolute atomic E-state index is 0.0666. The van der Waals surface area contributed by atoms with Gasteiger partial charge in [0.1, 0.15) is 5.75 Å². The summed E-state index contributed by atoms with van der Waals surface area (Å²) < 4.78 is 5.89. The SMILES string of the molecule is O=C1OC(/C=C\c2ccccc2)=NC/1=C\c1cc(Br)ccc1O. The number of carbonyl (C=O) groups excluding carboxylic acids is 1. The molecule has 0 aromatic heterocycles. The highest BCUT2D eigenvalue weighted by Crippen LogP contribution is 2.26. The molecule has 0 unspecified atom stereocenters. The van der Waals surface area contributed by atoms with Gasteiger partial charge in [-0.3, -0.25) is 0 Å². The van der Waals surface area contributed by atoms with Crippen molar-refractivity contribution in [1.82, 2.24) is 0 Å². The summed E-state index contributed by atoms with van der Waals surface area (Å²) >= 11 is 3.32. The number of nitrogens with zero attached hydrogens (tertiary/aromatic N) is 1. The van der Waals surface area contributed by atoms with Crippen LogP contribution >= 0.6 is 15.9 Å². The number of hydrogen-bond acceptors (Lipinski definition) is 4. The summed E-state index contributed by atoms with van der Waals surface area (Å²) in [6.45, 7) is 0. The van der Waals surface area contributed by atoms with E-state index >= 15 is 0 Å². The van der Waals surface area contributed by atoms with Crippen LogP contribution in [0, 0.1) is 0 Å². The Hall–Kier alpha value is -2.66. The summed E-state index contributed by atoms with van der Waals surface area (Å²) in [5, 5.41) is 9.82. The summed E-state index contributed by atoms with van der Waals surface area (Å²) in [6, 6.07) is 14.6. The van der Waals surface area contributed by atoms with Crippen LogP contribution in [0.1, 0.15) is 11.1 Å². The molecule has 114 valence electrons. The average molecular weight is 370 g/mol. The van der Waals surface area contributed by atoms with E-state index in [1.165, 1.54) is 12.1 Å². The normalized spacial score (nSPS) is 16.0. The number of hydrogen-bond donors (Lipinski definition) is 1. The zero-order valence-corrected chi connectivity index (χ0v) is 13.5. The number of halogens is 1. The Morgan fingerprint density at radius 3 is 2.65 bits per heavy atom. The number of esters is 1. The van der Waals surface area contributed by atoms with Gasteiger partial charge in [0.15, 0.2) is 5.70 Å². The number of phenols is 1. The number of aliphatic imine (C=N–C) groups is 1. The highest BCUT2D eigenvalue weighted by atomic mass is 79.9. The topological polar surface area (TPSA) is 58.9 Å². The maximum absolute atomic E-state index is 11.9. The van der Waals surface area contributed by atoms with Crippen molar-refractivity contribution in [3.63, 3.8) is 0 Å². The summed E-state index contributed by atoms with van der Waals surface area (Å²) in [4.78, 5) is 16.0. The Bertz CT molecular complexity index is 839. The number of aromatic hydroxyl groups is 1. The number of phenolic OH excluding ortho intramolecular Hbond substituents is 1. The largest absolute Gasteiger partial charge is 0.507 e. The van der Waals surface area contributed by atoms with Gasteiger partial charge in [0.25, 0.3) is 0 Å². The molecular formula is C18H12BrNO3. The lowest BCUT2D eigenvalue weighted by atomic mass is 10.1. The standard InChI is InChI=1S/C18H12BrNO3/c19-14-7-8-16(21)13(10-14)11-15-18(22)23-17(20-15)9-6-12-4-2-1-3-5-12/h1-11,21H/b9-6-,15-11-. The number of rotatable bonds is 3. The van der Waals surface area contributed by atoms with Crippen molar-refractivity contribution in [1.29, 1.82) is 0 Å². The Morgan fingerprint density at radius 1 is 1.09 bits per heavy atom. The van der Waals surface area contributed by atoms with Gasteiger partial charge in [-0.25, -0.2) is 9.79 Å². The summed E-state index contributed by atoms with van der Waals surface area (Å²) in [6.07, 6.45) is 4.94. The molecule has 0 saturated heterocycles. The van der Waals surface area contributed by atoms with Crippen molar-refractivity contribution in [2.45, 2.75) is 0 Å². The van der Waals surface area contributed by atoms with E-state index in [0.717, 1.165) is 10.0 Å². The molecule has 0 atom stereocenters. The zero-order valence-electron chi connectivity index (χ0n) is 11.9. The third kappa shape index (κ3) is 3.76. The molecule has 1 heterocycles. The van der Waals surface area contributed by atoms with Crippen molar-refractivity contribution >= 4 is 39.9 Å². The smallest absolute Gasteiger partial charge is 0.363 e. The molecule has 0 fully saturated rings. The van der Waals surface area contributed by atoms with Crippen LogP contribution in [0.25, 0.3) is 12.2 Å². The van der Waals surface area contributed by atoms with Crippen LogP contribution in [-0.4, -0.2) is 17.0 Å². The highest BCUT2D eigenvalue weighted by molar-refractivity contribution is 9.10. The second-order valence-corrected chi connectivity index (χ2v) is 5.73. The molecule has 2 aromatic carbocycles. The fourth-order valence-corrected chi connectivity index (χ4v) is 2.40. The lowest BCUT2D eigenvalue weighted by molar-refractivity contribution is -0.129. The van der Waals surface area contributed by atoms with E-state index in [2.05, 4.69) is 20.9 Å². The minimum Gasteiger partial charge on any atom is -0.507 e. The van der Waals surface area contributed by atoms with E-state index in [4.69, 9.17) is 4.74 Å². The summed E-state index contributed by atoms with van der Waals surface area (Å²) in [5.41, 5.74) is 1.61. The molecule has 3 rings (SSSR count). The summed E-state index contributed by atoms with van der Waals surface area (Å²) in [7, 11) is 0. The van der Waals surface area contributed by atoms with Gasteiger partial charge in [-0.05, 0) is 35.9 Å². The van der Waals surface area contributed by atoms with Crippen LogP contribution < -0.4 is 0 Å². The first-order valence-corrected chi connectivity index (χ1v) is 7.65. The van der Waals surface area contributed by atoms with Gasteiger partial charge in [-0.2, -0.15) is 0 Å². The molecule has 0 saturated carbocycles. The molecule has 1 aliphatic heterocycles. The van der Waals surface area contributed by atoms with E-state index in [9.17, 15) is 9.90 Å².